The third-order valence-corrected chi connectivity index (χ3v) is 23.5. The van der Waals surface area contributed by atoms with E-state index in [2.05, 4.69) is 114 Å². The number of nitro benzene ring substituents is 1. The van der Waals surface area contributed by atoms with Crippen molar-refractivity contribution in [1.29, 1.82) is 0 Å². The molecule has 12 nitrogen and oxygen atoms in total. The van der Waals surface area contributed by atoms with Crippen molar-refractivity contribution in [3.8, 4) is 11.5 Å². The van der Waals surface area contributed by atoms with Crippen LogP contribution in [0.1, 0.15) is 102 Å². The fraction of sp³-hybridized carbons (Fsp3) is 0.519. The van der Waals surface area contributed by atoms with Crippen LogP contribution in [0.4, 0.5) is 11.4 Å². The molecule has 68 heavy (non-hydrogen) atoms. The predicted molar refractivity (Wildman–Crippen MR) is 282 cm³/mol. The summed E-state index contributed by atoms with van der Waals surface area (Å²) >= 11 is 0. The second-order valence-electron chi connectivity index (χ2n) is 21.9. The van der Waals surface area contributed by atoms with Crippen LogP contribution >= 0.6 is 0 Å². The highest BCUT2D eigenvalue weighted by molar-refractivity contribution is 6.75. The third-order valence-electron chi connectivity index (χ3n) is 14.8. The molecule has 2 aliphatic rings. The highest BCUT2D eigenvalue weighted by Crippen LogP contribution is 2.39. The summed E-state index contributed by atoms with van der Waals surface area (Å²) in [7, 11) is -0.116. The molecule has 0 radical (unpaired) electrons. The molecule has 0 spiro atoms. The topological polar surface area (TPSA) is 135 Å². The number of anilines is 1. The van der Waals surface area contributed by atoms with Crippen molar-refractivity contribution >= 4 is 39.8 Å². The maximum absolute atomic E-state index is 13.3. The van der Waals surface area contributed by atoms with Crippen molar-refractivity contribution in [2.75, 3.05) is 59.1 Å². The van der Waals surface area contributed by atoms with Crippen LogP contribution in [-0.2, 0) is 22.4 Å². The van der Waals surface area contributed by atoms with E-state index in [-0.39, 0.29) is 46.1 Å². The minimum Gasteiger partial charge on any atom is -0.544 e. The lowest BCUT2D eigenvalue weighted by molar-refractivity contribution is -0.385. The summed E-state index contributed by atoms with van der Waals surface area (Å²) in [4.78, 5) is 46.0. The molecule has 14 heteroatoms. The number of amides is 2. The van der Waals surface area contributed by atoms with E-state index in [0.29, 0.717) is 17.7 Å². The van der Waals surface area contributed by atoms with Gasteiger partial charge in [-0.3, -0.25) is 19.7 Å². The molecule has 0 bridgehead atoms. The molecule has 0 aliphatic carbocycles. The van der Waals surface area contributed by atoms with Gasteiger partial charge in [0, 0.05) is 44.5 Å². The van der Waals surface area contributed by atoms with Crippen LogP contribution in [-0.4, -0.2) is 106 Å². The summed E-state index contributed by atoms with van der Waals surface area (Å²) in [6.07, 6.45) is 5.09. The second-order valence-corrected chi connectivity index (χ2v) is 31.3. The van der Waals surface area contributed by atoms with Crippen LogP contribution in [0.3, 0.4) is 0 Å². The number of nitrogens with two attached hydrogens (primary N) is 1. The molecule has 2 amide bonds. The van der Waals surface area contributed by atoms with E-state index in [1.807, 2.05) is 48.3 Å². The predicted octanol–water partition coefficient (Wildman–Crippen LogP) is 11.3. The number of benzene rings is 4. The van der Waals surface area contributed by atoms with Crippen LogP contribution < -0.4 is 14.6 Å². The van der Waals surface area contributed by atoms with Crippen molar-refractivity contribution in [3.63, 3.8) is 0 Å². The molecule has 2 saturated heterocycles. The largest absolute Gasteiger partial charge is 0.544 e. The Morgan fingerprint density at radius 1 is 0.618 bits per heavy atom. The van der Waals surface area contributed by atoms with E-state index < -0.39 is 21.6 Å². The number of carbonyl (C=O) groups is 2. The molecule has 2 heterocycles. The van der Waals surface area contributed by atoms with Crippen molar-refractivity contribution in [2.24, 2.45) is 0 Å². The fourth-order valence-electron chi connectivity index (χ4n) is 8.19. The van der Waals surface area contributed by atoms with Gasteiger partial charge in [0.15, 0.2) is 0 Å². The Labute approximate surface area is 409 Å². The highest BCUT2D eigenvalue weighted by Gasteiger charge is 2.40. The van der Waals surface area contributed by atoms with Crippen LogP contribution in [0.2, 0.25) is 36.3 Å². The molecule has 4 aromatic rings. The van der Waals surface area contributed by atoms with Gasteiger partial charge in [0.1, 0.15) is 11.5 Å². The number of para-hydroxylation sites is 2. The van der Waals surface area contributed by atoms with E-state index in [9.17, 15) is 19.7 Å². The van der Waals surface area contributed by atoms with Gasteiger partial charge in [-0.15, -0.1) is 0 Å². The number of carbonyl (C=O) groups excluding carboxylic acids is 2. The standard InChI is InChI=1S/C27H39N3O4Si.C27H41N3O2Si/c1-27(2,3)35(5,6)34-23-15-13-21(14-16-23)25(20-29-17-9-10-18-29)28(4)26(31)19-22-11-7-8-12-24(22)30(32)33;1-27(2,3)33(5,6)32-23-15-13-21(14-16-23)25(20-30-17-9-10-18-30)29(4)26(31)19-22-11-7-8-12-24(22)28/h7-8,11-16,25H,9-10,17-20H2,1-6H3;7-8,11-16,25H,9-10,17-20,28H2,1-6H3/t2*25-/m11/s1. The van der Waals surface area contributed by atoms with Gasteiger partial charge in [-0.2, -0.15) is 0 Å². The Balaban J connectivity index is 0.000000255. The van der Waals surface area contributed by atoms with Gasteiger partial charge >= 0.3 is 0 Å². The Kier molecular flexibility index (Phi) is 18.3. The zero-order chi connectivity index (χ0) is 50.0. The number of rotatable bonds is 17. The Bertz CT molecular complexity index is 2280. The summed E-state index contributed by atoms with van der Waals surface area (Å²) in [5.41, 5.74) is 10.2. The van der Waals surface area contributed by atoms with Gasteiger partial charge < -0.3 is 34.2 Å². The molecule has 370 valence electrons. The van der Waals surface area contributed by atoms with Crippen LogP contribution in [0.15, 0.2) is 97.1 Å². The van der Waals surface area contributed by atoms with E-state index in [0.717, 1.165) is 67.5 Å². The van der Waals surface area contributed by atoms with Gasteiger partial charge in [-0.25, -0.2) is 0 Å². The van der Waals surface area contributed by atoms with Crippen molar-refractivity contribution in [1.82, 2.24) is 19.6 Å². The van der Waals surface area contributed by atoms with Gasteiger partial charge in [0.25, 0.3) is 5.69 Å². The first-order valence-corrected chi connectivity index (χ1v) is 30.3. The first kappa shape index (κ1) is 53.9. The number of likely N-dealkylation sites (tertiary alicyclic amines) is 2. The Morgan fingerprint density at radius 3 is 1.34 bits per heavy atom. The van der Waals surface area contributed by atoms with Crippen LogP contribution in [0.5, 0.6) is 11.5 Å². The normalized spacial score (nSPS) is 15.8. The minimum absolute atomic E-state index is 0.00325. The van der Waals surface area contributed by atoms with E-state index in [1.54, 1.807) is 30.1 Å². The smallest absolute Gasteiger partial charge is 0.273 e. The molecule has 2 fully saturated rings. The molecule has 2 atom stereocenters. The fourth-order valence-corrected chi connectivity index (χ4v) is 10.3. The number of nitrogen functional groups attached to an aromatic ring is 1. The lowest BCUT2D eigenvalue weighted by atomic mass is 10.0. The lowest BCUT2D eigenvalue weighted by Gasteiger charge is -2.36. The molecular weight excluding hydrogens is 885 g/mol. The Morgan fingerprint density at radius 2 is 0.971 bits per heavy atom. The first-order valence-electron chi connectivity index (χ1n) is 24.5. The molecule has 0 aromatic heterocycles. The number of likely N-dealkylation sites (N-methyl/N-ethyl adjacent to an activating group) is 2. The SMILES string of the molecule is CN(C(=O)Cc1ccccc1N)[C@H](CN1CCCC1)c1ccc(O[Si](C)(C)C(C)(C)C)cc1.CN(C(=O)Cc1ccccc1[N+](=O)[O-])[C@H](CN1CCCC1)c1ccc(O[Si](C)(C)C(C)(C)C)cc1. The molecule has 2 aliphatic heterocycles. The van der Waals surface area contributed by atoms with Crippen LogP contribution in [0.25, 0.3) is 0 Å². The molecule has 4 aromatic carbocycles. The zero-order valence-electron chi connectivity index (χ0n) is 43.1. The summed E-state index contributed by atoms with van der Waals surface area (Å²) in [5, 5.41) is 11.7. The van der Waals surface area contributed by atoms with Gasteiger partial charge in [-0.05, 0) is 135 Å². The number of nitrogens with zero attached hydrogens (tertiary/aromatic N) is 5. The molecular formula is C54H80N6O6Si2. The number of hydrogen-bond donors (Lipinski definition) is 1. The summed E-state index contributed by atoms with van der Waals surface area (Å²) in [6, 6.07) is 30.4. The Hall–Kier alpha value is -5.03. The second kappa shape index (κ2) is 23.1. The number of hydrogen-bond acceptors (Lipinski definition) is 9. The average molecular weight is 965 g/mol. The molecule has 6 rings (SSSR count). The monoisotopic (exact) mass is 965 g/mol. The summed E-state index contributed by atoms with van der Waals surface area (Å²) in [5.74, 6) is 1.72. The van der Waals surface area contributed by atoms with Gasteiger partial charge in [0.2, 0.25) is 28.4 Å². The van der Waals surface area contributed by atoms with E-state index in [1.165, 1.54) is 31.7 Å². The van der Waals surface area contributed by atoms with Gasteiger partial charge in [0.05, 0.1) is 29.8 Å². The van der Waals surface area contributed by atoms with E-state index >= 15 is 0 Å². The minimum atomic E-state index is -1.95. The van der Waals surface area contributed by atoms with Crippen molar-refractivity contribution in [2.45, 2.75) is 128 Å². The maximum atomic E-state index is 13.3. The van der Waals surface area contributed by atoms with Crippen molar-refractivity contribution in [3.05, 3.63) is 129 Å². The first-order chi connectivity index (χ1) is 31.9. The van der Waals surface area contributed by atoms with E-state index in [4.69, 9.17) is 14.6 Å². The zero-order valence-corrected chi connectivity index (χ0v) is 45.1. The lowest BCUT2D eigenvalue weighted by Crippen LogP contribution is -2.43. The van der Waals surface area contributed by atoms with Gasteiger partial charge in [-0.1, -0.05) is 102 Å². The highest BCUT2D eigenvalue weighted by atomic mass is 28.4. The molecule has 0 unspecified atom stereocenters. The third kappa shape index (κ3) is 14.5. The molecule has 0 saturated carbocycles. The van der Waals surface area contributed by atoms with Crippen molar-refractivity contribution < 1.29 is 23.4 Å². The summed E-state index contributed by atoms with van der Waals surface area (Å²) < 4.78 is 12.9. The molecule has 2 N–H and O–H groups in total. The van der Waals surface area contributed by atoms with Crippen LogP contribution in [0, 0.1) is 10.1 Å². The summed E-state index contributed by atoms with van der Waals surface area (Å²) in [6.45, 7) is 28.2. The average Bonchev–Trinajstić information content (AvgIpc) is 4.00. The maximum Gasteiger partial charge on any atom is 0.273 e. The quantitative estimate of drug-likeness (QED) is 0.0475. The number of nitro groups is 1.